The summed E-state index contributed by atoms with van der Waals surface area (Å²) in [5.41, 5.74) is 3.99. The number of thiocarbonyl (C=S) groups is 1. The number of benzene rings is 2. The summed E-state index contributed by atoms with van der Waals surface area (Å²) in [4.78, 5) is 3.09. The molecule has 0 amide bonds. The Bertz CT molecular complexity index is 964. The van der Waals surface area contributed by atoms with Crippen LogP contribution in [0, 0.1) is 0 Å². The van der Waals surface area contributed by atoms with Gasteiger partial charge in [0.25, 0.3) is 0 Å². The van der Waals surface area contributed by atoms with E-state index >= 15 is 0 Å². The summed E-state index contributed by atoms with van der Waals surface area (Å²) < 4.78 is 7.30. The zero-order chi connectivity index (χ0) is 19.5. The van der Waals surface area contributed by atoms with Crippen molar-refractivity contribution in [3.05, 3.63) is 70.5 Å². The maximum atomic E-state index is 6.07. The predicted octanol–water partition coefficient (Wildman–Crippen LogP) is 5.05. The number of hydrogen-bond acceptors (Lipinski definition) is 3. The molecule has 0 bridgehead atoms. The van der Waals surface area contributed by atoms with E-state index in [9.17, 15) is 0 Å². The molecule has 1 fully saturated rings. The van der Waals surface area contributed by atoms with Crippen molar-refractivity contribution in [3.63, 3.8) is 0 Å². The molecule has 0 N–H and O–H groups in total. The fourth-order valence-electron chi connectivity index (χ4n) is 3.20. The number of hydrogen-bond donors (Lipinski definition) is 0. The topological polar surface area (TPSA) is 30.3 Å². The molecule has 144 valence electrons. The molecule has 1 aliphatic heterocycles. The standard InChI is InChI=1S/C21H19Cl2N3OS/c22-16-3-1-15(2-4-16)19-14-26(18-7-5-17(23)6-8-18)24-20(19)13-21(28)25-9-11-27-12-10-25/h1-8,14H,9-13H2. The van der Waals surface area contributed by atoms with E-state index in [0.29, 0.717) is 29.7 Å². The molecule has 1 saturated heterocycles. The van der Waals surface area contributed by atoms with Crippen molar-refractivity contribution in [2.75, 3.05) is 26.3 Å². The summed E-state index contributed by atoms with van der Waals surface area (Å²) >= 11 is 17.8. The Balaban J connectivity index is 1.68. The molecule has 7 heteroatoms. The van der Waals surface area contributed by atoms with E-state index in [1.54, 1.807) is 0 Å². The van der Waals surface area contributed by atoms with E-state index in [0.717, 1.165) is 40.6 Å². The lowest BCUT2D eigenvalue weighted by molar-refractivity contribution is 0.0684. The average molecular weight is 432 g/mol. The van der Waals surface area contributed by atoms with Crippen molar-refractivity contribution in [3.8, 4) is 16.8 Å². The Hall–Kier alpha value is -1.92. The largest absolute Gasteiger partial charge is 0.378 e. The van der Waals surface area contributed by atoms with Gasteiger partial charge in [-0.05, 0) is 42.0 Å². The van der Waals surface area contributed by atoms with E-state index in [4.69, 9.17) is 45.3 Å². The first kappa shape index (κ1) is 19.4. The van der Waals surface area contributed by atoms with E-state index < -0.39 is 0 Å². The maximum Gasteiger partial charge on any atom is 0.0842 e. The first-order valence-corrected chi connectivity index (χ1v) is 10.2. The highest BCUT2D eigenvalue weighted by atomic mass is 35.5. The molecular formula is C21H19Cl2N3OS. The molecule has 0 atom stereocenters. The molecule has 0 aliphatic carbocycles. The second-order valence-corrected chi connectivity index (χ2v) is 7.93. The van der Waals surface area contributed by atoms with Crippen LogP contribution in [0.5, 0.6) is 0 Å². The smallest absolute Gasteiger partial charge is 0.0842 e. The average Bonchev–Trinajstić information content (AvgIpc) is 3.13. The Morgan fingerprint density at radius 1 is 0.964 bits per heavy atom. The lowest BCUT2D eigenvalue weighted by Crippen LogP contribution is -2.40. The molecule has 4 rings (SSSR count). The summed E-state index contributed by atoms with van der Waals surface area (Å²) in [6, 6.07) is 15.4. The van der Waals surface area contributed by atoms with Crippen LogP contribution < -0.4 is 0 Å². The molecule has 0 saturated carbocycles. The summed E-state index contributed by atoms with van der Waals surface area (Å²) in [7, 11) is 0. The summed E-state index contributed by atoms with van der Waals surface area (Å²) in [5.74, 6) is 0. The fourth-order valence-corrected chi connectivity index (χ4v) is 3.78. The van der Waals surface area contributed by atoms with Gasteiger partial charge < -0.3 is 9.64 Å². The molecule has 2 aromatic carbocycles. The third-order valence-electron chi connectivity index (χ3n) is 4.72. The zero-order valence-corrected chi connectivity index (χ0v) is 17.5. The van der Waals surface area contributed by atoms with Crippen molar-refractivity contribution in [1.82, 2.24) is 14.7 Å². The monoisotopic (exact) mass is 431 g/mol. The van der Waals surface area contributed by atoms with Crippen LogP contribution in [0.3, 0.4) is 0 Å². The van der Waals surface area contributed by atoms with E-state index in [-0.39, 0.29) is 0 Å². The molecular weight excluding hydrogens is 413 g/mol. The molecule has 28 heavy (non-hydrogen) atoms. The first-order valence-electron chi connectivity index (χ1n) is 9.06. The number of ether oxygens (including phenoxy) is 1. The van der Waals surface area contributed by atoms with Crippen molar-refractivity contribution < 1.29 is 4.74 Å². The Labute approximate surface area is 179 Å². The van der Waals surface area contributed by atoms with Gasteiger partial charge in [-0.15, -0.1) is 0 Å². The Morgan fingerprint density at radius 3 is 2.21 bits per heavy atom. The van der Waals surface area contributed by atoms with Gasteiger partial charge in [0.2, 0.25) is 0 Å². The van der Waals surface area contributed by atoms with Gasteiger partial charge in [0, 0.05) is 41.3 Å². The Kier molecular flexibility index (Phi) is 5.97. The quantitative estimate of drug-likeness (QED) is 0.540. The van der Waals surface area contributed by atoms with Gasteiger partial charge in [-0.1, -0.05) is 47.6 Å². The second kappa shape index (κ2) is 8.62. The van der Waals surface area contributed by atoms with E-state index in [1.807, 2.05) is 59.4 Å². The normalized spacial score (nSPS) is 14.3. The molecule has 2 heterocycles. The van der Waals surface area contributed by atoms with E-state index in [2.05, 4.69) is 4.90 Å². The van der Waals surface area contributed by atoms with Crippen molar-refractivity contribution >= 4 is 40.4 Å². The number of halogens is 2. The third kappa shape index (κ3) is 4.39. The van der Waals surface area contributed by atoms with Crippen LogP contribution >= 0.6 is 35.4 Å². The number of aromatic nitrogens is 2. The molecule has 3 aromatic rings. The van der Waals surface area contributed by atoms with Gasteiger partial charge in [0.05, 0.1) is 29.6 Å². The van der Waals surface area contributed by atoms with Gasteiger partial charge in [0.15, 0.2) is 0 Å². The van der Waals surface area contributed by atoms with Crippen LogP contribution in [0.15, 0.2) is 54.7 Å². The number of morpholine rings is 1. The van der Waals surface area contributed by atoms with Gasteiger partial charge in [0.1, 0.15) is 0 Å². The lowest BCUT2D eigenvalue weighted by Gasteiger charge is -2.29. The number of rotatable bonds is 4. The first-order chi connectivity index (χ1) is 13.6. The highest BCUT2D eigenvalue weighted by Gasteiger charge is 2.19. The molecule has 1 aliphatic rings. The summed E-state index contributed by atoms with van der Waals surface area (Å²) in [5, 5.41) is 6.24. The second-order valence-electron chi connectivity index (χ2n) is 6.59. The molecule has 0 spiro atoms. The maximum absolute atomic E-state index is 6.07. The minimum atomic E-state index is 0.605. The SMILES string of the molecule is S=C(Cc1nn(-c2ccc(Cl)cc2)cc1-c1ccc(Cl)cc1)N1CCOCC1. The number of nitrogens with zero attached hydrogens (tertiary/aromatic N) is 3. The van der Waals surface area contributed by atoms with Crippen LogP contribution in [-0.2, 0) is 11.2 Å². The molecule has 0 unspecified atom stereocenters. The summed E-state index contributed by atoms with van der Waals surface area (Å²) in [6.45, 7) is 3.08. The summed E-state index contributed by atoms with van der Waals surface area (Å²) in [6.07, 6.45) is 2.64. The van der Waals surface area contributed by atoms with Crippen LogP contribution in [-0.4, -0.2) is 46.0 Å². The van der Waals surface area contributed by atoms with Crippen LogP contribution in [0.2, 0.25) is 10.0 Å². The minimum Gasteiger partial charge on any atom is -0.378 e. The van der Waals surface area contributed by atoms with Gasteiger partial charge >= 0.3 is 0 Å². The van der Waals surface area contributed by atoms with Crippen LogP contribution in [0.1, 0.15) is 5.69 Å². The van der Waals surface area contributed by atoms with Crippen LogP contribution in [0.25, 0.3) is 16.8 Å². The molecule has 4 nitrogen and oxygen atoms in total. The minimum absolute atomic E-state index is 0.605. The molecule has 1 aromatic heterocycles. The molecule has 0 radical (unpaired) electrons. The van der Waals surface area contributed by atoms with Crippen molar-refractivity contribution in [2.24, 2.45) is 0 Å². The third-order valence-corrected chi connectivity index (χ3v) is 5.63. The Morgan fingerprint density at radius 2 is 1.57 bits per heavy atom. The highest BCUT2D eigenvalue weighted by molar-refractivity contribution is 7.80. The highest BCUT2D eigenvalue weighted by Crippen LogP contribution is 2.27. The lowest BCUT2D eigenvalue weighted by atomic mass is 10.0. The predicted molar refractivity (Wildman–Crippen MR) is 118 cm³/mol. The van der Waals surface area contributed by atoms with Crippen LogP contribution in [0.4, 0.5) is 0 Å². The van der Waals surface area contributed by atoms with Crippen molar-refractivity contribution in [1.29, 1.82) is 0 Å². The van der Waals surface area contributed by atoms with Gasteiger partial charge in [-0.25, -0.2) is 4.68 Å². The van der Waals surface area contributed by atoms with Crippen molar-refractivity contribution in [2.45, 2.75) is 6.42 Å². The fraction of sp³-hybridized carbons (Fsp3) is 0.238. The van der Waals surface area contributed by atoms with Gasteiger partial charge in [-0.2, -0.15) is 5.10 Å². The van der Waals surface area contributed by atoms with Gasteiger partial charge in [-0.3, -0.25) is 0 Å². The van der Waals surface area contributed by atoms with E-state index in [1.165, 1.54) is 0 Å². The zero-order valence-electron chi connectivity index (χ0n) is 15.1.